The van der Waals surface area contributed by atoms with Crippen molar-refractivity contribution >= 4 is 46.6 Å². The minimum atomic E-state index is -0.965. The first kappa shape index (κ1) is 17.5. The van der Waals surface area contributed by atoms with Crippen LogP contribution in [-0.4, -0.2) is 20.2 Å². The molecule has 2 aromatic rings. The van der Waals surface area contributed by atoms with Gasteiger partial charge in [0.05, 0.1) is 5.41 Å². The van der Waals surface area contributed by atoms with Crippen LogP contribution >= 0.6 is 35.0 Å². The molecule has 0 bridgehead atoms. The molecule has 1 aromatic carbocycles. The van der Waals surface area contributed by atoms with Crippen LogP contribution in [0.2, 0.25) is 0 Å². The number of hydrogen-bond acceptors (Lipinski definition) is 4. The van der Waals surface area contributed by atoms with Crippen LogP contribution in [0.15, 0.2) is 40.4 Å². The van der Waals surface area contributed by atoms with Crippen molar-refractivity contribution in [3.8, 4) is 0 Å². The predicted octanol–water partition coefficient (Wildman–Crippen LogP) is 4.77. The van der Waals surface area contributed by atoms with Gasteiger partial charge < -0.3 is 5.32 Å². The molecule has 1 amide bonds. The van der Waals surface area contributed by atoms with Gasteiger partial charge in [-0.05, 0) is 69.3 Å². The number of aromatic nitrogens is 2. The maximum absolute atomic E-state index is 12.3. The van der Waals surface area contributed by atoms with Crippen LogP contribution in [0.25, 0.3) is 0 Å². The fraction of sp³-hybridized carbons (Fsp3) is 0.353. The lowest BCUT2D eigenvalue weighted by Crippen LogP contribution is -2.25. The summed E-state index contributed by atoms with van der Waals surface area (Å²) in [7, 11) is 0. The molecule has 1 aliphatic carbocycles. The zero-order valence-corrected chi connectivity index (χ0v) is 15.9. The summed E-state index contributed by atoms with van der Waals surface area (Å²) in [6, 6.07) is 9.48. The van der Waals surface area contributed by atoms with E-state index < -0.39 is 9.75 Å². The molecule has 24 heavy (non-hydrogen) atoms. The van der Waals surface area contributed by atoms with Crippen LogP contribution in [0.5, 0.6) is 0 Å². The van der Waals surface area contributed by atoms with Gasteiger partial charge in [0, 0.05) is 22.0 Å². The van der Waals surface area contributed by atoms with Crippen molar-refractivity contribution in [3.63, 3.8) is 0 Å². The Bertz CT molecular complexity index is 775. The van der Waals surface area contributed by atoms with Crippen molar-refractivity contribution in [3.05, 3.63) is 41.7 Å². The van der Waals surface area contributed by atoms with Crippen LogP contribution in [0.1, 0.15) is 24.7 Å². The number of benzene rings is 1. The number of amides is 1. The topological polar surface area (TPSA) is 54.9 Å². The predicted molar refractivity (Wildman–Crippen MR) is 97.9 cm³/mol. The van der Waals surface area contributed by atoms with Crippen molar-refractivity contribution in [1.29, 1.82) is 0 Å². The number of halogens is 2. The molecule has 0 saturated heterocycles. The van der Waals surface area contributed by atoms with E-state index in [-0.39, 0.29) is 5.91 Å². The molecule has 0 unspecified atom stereocenters. The smallest absolute Gasteiger partial charge is 0.233 e. The maximum atomic E-state index is 12.3. The molecule has 126 valence electrons. The highest BCUT2D eigenvalue weighted by Gasteiger charge is 2.67. The van der Waals surface area contributed by atoms with E-state index in [1.165, 1.54) is 11.8 Å². The van der Waals surface area contributed by atoms with Crippen LogP contribution in [0.3, 0.4) is 0 Å². The monoisotopic (exact) mass is 381 g/mol. The third-order valence-corrected chi connectivity index (χ3v) is 6.02. The quantitative estimate of drug-likeness (QED) is 0.612. The van der Waals surface area contributed by atoms with Crippen LogP contribution < -0.4 is 5.32 Å². The number of alkyl halides is 2. The van der Waals surface area contributed by atoms with E-state index in [0.717, 1.165) is 16.3 Å². The minimum Gasteiger partial charge on any atom is -0.326 e. The number of carbonyl (C=O) groups is 1. The second-order valence-corrected chi connectivity index (χ2v) is 8.75. The zero-order valence-electron chi connectivity index (χ0n) is 13.6. The summed E-state index contributed by atoms with van der Waals surface area (Å²) < 4.78 is -0.965. The third-order valence-electron chi connectivity index (χ3n) is 4.04. The third kappa shape index (κ3) is 3.53. The average molecular weight is 382 g/mol. The van der Waals surface area contributed by atoms with Gasteiger partial charge in [0.1, 0.15) is 4.33 Å². The Kier molecular flexibility index (Phi) is 4.53. The number of anilines is 1. The lowest BCUT2D eigenvalue weighted by molar-refractivity contribution is -0.120. The van der Waals surface area contributed by atoms with Gasteiger partial charge in [-0.1, -0.05) is 0 Å². The van der Waals surface area contributed by atoms with Crippen LogP contribution in [-0.2, 0) is 4.79 Å². The maximum Gasteiger partial charge on any atom is 0.233 e. The summed E-state index contributed by atoms with van der Waals surface area (Å²) in [5.41, 5.74) is 1.87. The summed E-state index contributed by atoms with van der Waals surface area (Å²) >= 11 is 13.6. The standard InChI is InChI=1S/C17H17Cl2N3OS/c1-10-8-11(2)21-15(20-10)24-13-6-4-12(5-7-13)22-14(23)16(3)9-17(16,18)19/h4-8H,9H2,1-3H3,(H,22,23)/t16-/m0/s1. The fourth-order valence-electron chi connectivity index (χ4n) is 2.37. The first-order chi connectivity index (χ1) is 11.2. The molecule has 1 aliphatic rings. The Morgan fingerprint density at radius 3 is 2.21 bits per heavy atom. The summed E-state index contributed by atoms with van der Waals surface area (Å²) in [4.78, 5) is 22.1. The van der Waals surface area contributed by atoms with E-state index in [1.807, 2.05) is 44.2 Å². The molecule has 0 radical (unpaired) electrons. The van der Waals surface area contributed by atoms with Gasteiger partial charge in [-0.25, -0.2) is 9.97 Å². The van der Waals surface area contributed by atoms with Crippen molar-refractivity contribution in [2.24, 2.45) is 5.41 Å². The molecule has 1 atom stereocenters. The molecule has 1 aromatic heterocycles. The molecule has 0 spiro atoms. The SMILES string of the molecule is Cc1cc(C)nc(Sc2ccc(NC(=O)[C@]3(C)CC3(Cl)Cl)cc2)n1. The number of rotatable bonds is 4. The first-order valence-electron chi connectivity index (χ1n) is 7.49. The lowest BCUT2D eigenvalue weighted by Gasteiger charge is -2.13. The molecule has 3 rings (SSSR count). The van der Waals surface area contributed by atoms with E-state index in [0.29, 0.717) is 17.3 Å². The molecule has 7 heteroatoms. The first-order valence-corrected chi connectivity index (χ1v) is 9.06. The van der Waals surface area contributed by atoms with E-state index in [4.69, 9.17) is 23.2 Å². The number of nitrogens with one attached hydrogen (secondary N) is 1. The molecule has 1 fully saturated rings. The molecular formula is C17H17Cl2N3OS. The van der Waals surface area contributed by atoms with Crippen molar-refractivity contribution in [2.75, 3.05) is 5.32 Å². The number of aryl methyl sites for hydroxylation is 2. The molecule has 1 N–H and O–H groups in total. The average Bonchev–Trinajstić information content (AvgIpc) is 3.00. The van der Waals surface area contributed by atoms with Crippen molar-refractivity contribution in [2.45, 2.75) is 41.6 Å². The van der Waals surface area contributed by atoms with Gasteiger partial charge in [-0.2, -0.15) is 0 Å². The van der Waals surface area contributed by atoms with E-state index >= 15 is 0 Å². The Morgan fingerprint density at radius 2 is 1.71 bits per heavy atom. The summed E-state index contributed by atoms with van der Waals surface area (Å²) in [6.07, 6.45) is 0.465. The van der Waals surface area contributed by atoms with Gasteiger partial charge in [0.25, 0.3) is 0 Å². The molecular weight excluding hydrogens is 365 g/mol. The van der Waals surface area contributed by atoms with Crippen molar-refractivity contribution < 1.29 is 4.79 Å². The highest BCUT2D eigenvalue weighted by molar-refractivity contribution is 7.99. The lowest BCUT2D eigenvalue weighted by atomic mass is 10.1. The van der Waals surface area contributed by atoms with Gasteiger partial charge in [-0.15, -0.1) is 23.2 Å². The summed E-state index contributed by atoms with van der Waals surface area (Å²) in [6.45, 7) is 5.66. The number of nitrogens with zero attached hydrogens (tertiary/aromatic N) is 2. The van der Waals surface area contributed by atoms with E-state index in [1.54, 1.807) is 6.92 Å². The van der Waals surface area contributed by atoms with E-state index in [2.05, 4.69) is 15.3 Å². The zero-order chi connectivity index (χ0) is 17.5. The highest BCUT2D eigenvalue weighted by Crippen LogP contribution is 2.64. The van der Waals surface area contributed by atoms with Gasteiger partial charge >= 0.3 is 0 Å². The number of hydrogen-bond donors (Lipinski definition) is 1. The van der Waals surface area contributed by atoms with Gasteiger partial charge in [0.15, 0.2) is 5.16 Å². The fourth-order valence-corrected chi connectivity index (χ4v) is 3.93. The van der Waals surface area contributed by atoms with E-state index in [9.17, 15) is 4.79 Å². The summed E-state index contributed by atoms with van der Waals surface area (Å²) in [5.74, 6) is -0.162. The molecule has 0 aliphatic heterocycles. The largest absolute Gasteiger partial charge is 0.326 e. The normalized spacial score (nSPS) is 21.4. The highest BCUT2D eigenvalue weighted by atomic mass is 35.5. The summed E-state index contributed by atoms with van der Waals surface area (Å²) in [5, 5.41) is 3.57. The van der Waals surface area contributed by atoms with Gasteiger partial charge in [0.2, 0.25) is 5.91 Å². The minimum absolute atomic E-state index is 0.162. The van der Waals surface area contributed by atoms with Crippen LogP contribution in [0, 0.1) is 19.3 Å². The van der Waals surface area contributed by atoms with Crippen molar-refractivity contribution in [1.82, 2.24) is 9.97 Å². The van der Waals surface area contributed by atoms with Gasteiger partial charge in [-0.3, -0.25) is 4.79 Å². The molecule has 4 nitrogen and oxygen atoms in total. The molecule has 1 saturated carbocycles. The Hall–Kier alpha value is -1.30. The Labute approximate surface area is 155 Å². The van der Waals surface area contributed by atoms with Crippen LogP contribution in [0.4, 0.5) is 5.69 Å². The molecule has 1 heterocycles. The Balaban J connectivity index is 1.66. The second kappa shape index (κ2) is 6.21. The Morgan fingerprint density at radius 1 is 1.17 bits per heavy atom. The second-order valence-electron chi connectivity index (χ2n) is 6.23. The number of carbonyl (C=O) groups excluding carboxylic acids is 1.